The number of hydrogen-bond donors (Lipinski definition) is 1. The standard InChI is InChI=1S/C18H25FN6/c1-3-20-18(21-12-15-13-22-23(2)14-15)25-10-8-24(9-11-25)17-6-4-16(19)5-7-17/h4-7,13-14H,3,8-12H2,1-2H3,(H,20,21). The molecule has 7 heteroatoms. The molecule has 2 heterocycles. The molecule has 1 aromatic carbocycles. The Morgan fingerprint density at radius 1 is 1.20 bits per heavy atom. The number of piperazine rings is 1. The summed E-state index contributed by atoms with van der Waals surface area (Å²) < 4.78 is 14.9. The first-order chi connectivity index (χ1) is 12.2. The minimum Gasteiger partial charge on any atom is -0.368 e. The zero-order valence-corrected chi connectivity index (χ0v) is 14.8. The molecular weight excluding hydrogens is 319 g/mol. The molecule has 134 valence electrons. The molecule has 1 aliphatic heterocycles. The number of nitrogens with zero attached hydrogens (tertiary/aromatic N) is 5. The molecule has 1 aromatic heterocycles. The third-order valence-electron chi connectivity index (χ3n) is 4.28. The Bertz CT molecular complexity index is 701. The number of rotatable bonds is 4. The summed E-state index contributed by atoms with van der Waals surface area (Å²) in [6.07, 6.45) is 3.83. The van der Waals surface area contributed by atoms with Crippen LogP contribution in [0.25, 0.3) is 0 Å². The predicted octanol–water partition coefficient (Wildman–Crippen LogP) is 1.85. The topological polar surface area (TPSA) is 48.7 Å². The van der Waals surface area contributed by atoms with Crippen LogP contribution >= 0.6 is 0 Å². The largest absolute Gasteiger partial charge is 0.368 e. The lowest BCUT2D eigenvalue weighted by atomic mass is 10.2. The Kier molecular flexibility index (Phi) is 5.53. The number of anilines is 1. The maximum Gasteiger partial charge on any atom is 0.194 e. The van der Waals surface area contributed by atoms with E-state index in [4.69, 9.17) is 4.99 Å². The van der Waals surface area contributed by atoms with Gasteiger partial charge in [-0.25, -0.2) is 9.38 Å². The van der Waals surface area contributed by atoms with Crippen LogP contribution in [0.4, 0.5) is 10.1 Å². The van der Waals surface area contributed by atoms with E-state index >= 15 is 0 Å². The van der Waals surface area contributed by atoms with Gasteiger partial charge in [0.15, 0.2) is 5.96 Å². The summed E-state index contributed by atoms with van der Waals surface area (Å²) in [7, 11) is 1.91. The van der Waals surface area contributed by atoms with Gasteiger partial charge in [-0.1, -0.05) is 0 Å². The van der Waals surface area contributed by atoms with Gasteiger partial charge < -0.3 is 15.1 Å². The van der Waals surface area contributed by atoms with E-state index in [0.717, 1.165) is 49.9 Å². The molecule has 1 aliphatic rings. The fourth-order valence-electron chi connectivity index (χ4n) is 2.97. The van der Waals surface area contributed by atoms with Crippen LogP contribution in [0.2, 0.25) is 0 Å². The van der Waals surface area contributed by atoms with E-state index in [1.165, 1.54) is 12.1 Å². The number of guanidine groups is 1. The lowest BCUT2D eigenvalue weighted by Crippen LogP contribution is -2.52. The molecule has 0 atom stereocenters. The molecule has 0 saturated carbocycles. The van der Waals surface area contributed by atoms with Crippen LogP contribution in [0.15, 0.2) is 41.7 Å². The first-order valence-electron chi connectivity index (χ1n) is 8.67. The molecule has 0 unspecified atom stereocenters. The molecule has 0 aliphatic carbocycles. The third kappa shape index (κ3) is 4.49. The number of aliphatic imine (C=N–C) groups is 1. The Balaban J connectivity index is 1.60. The second-order valence-electron chi connectivity index (χ2n) is 6.14. The highest BCUT2D eigenvalue weighted by Crippen LogP contribution is 2.17. The highest BCUT2D eigenvalue weighted by atomic mass is 19.1. The van der Waals surface area contributed by atoms with Gasteiger partial charge in [-0.2, -0.15) is 5.10 Å². The number of aromatic nitrogens is 2. The lowest BCUT2D eigenvalue weighted by Gasteiger charge is -2.37. The van der Waals surface area contributed by atoms with Gasteiger partial charge in [0.1, 0.15) is 5.82 Å². The van der Waals surface area contributed by atoms with Gasteiger partial charge in [-0.15, -0.1) is 0 Å². The van der Waals surface area contributed by atoms with Crippen molar-refractivity contribution in [2.24, 2.45) is 12.0 Å². The summed E-state index contributed by atoms with van der Waals surface area (Å²) in [5, 5.41) is 7.55. The summed E-state index contributed by atoms with van der Waals surface area (Å²) in [6, 6.07) is 6.71. The number of aryl methyl sites for hydroxylation is 1. The highest BCUT2D eigenvalue weighted by molar-refractivity contribution is 5.80. The van der Waals surface area contributed by atoms with E-state index in [-0.39, 0.29) is 5.82 Å². The number of nitrogens with one attached hydrogen (secondary N) is 1. The second kappa shape index (κ2) is 8.00. The molecule has 25 heavy (non-hydrogen) atoms. The van der Waals surface area contributed by atoms with E-state index in [2.05, 4.69) is 27.1 Å². The summed E-state index contributed by atoms with van der Waals surface area (Å²) >= 11 is 0. The molecule has 0 amide bonds. The van der Waals surface area contributed by atoms with Gasteiger partial charge in [-0.3, -0.25) is 4.68 Å². The summed E-state index contributed by atoms with van der Waals surface area (Å²) in [5.41, 5.74) is 2.17. The van der Waals surface area contributed by atoms with Crippen molar-refractivity contribution in [1.29, 1.82) is 0 Å². The zero-order valence-electron chi connectivity index (χ0n) is 14.8. The second-order valence-corrected chi connectivity index (χ2v) is 6.14. The van der Waals surface area contributed by atoms with E-state index < -0.39 is 0 Å². The molecule has 0 bridgehead atoms. The van der Waals surface area contributed by atoms with Crippen molar-refractivity contribution in [2.45, 2.75) is 13.5 Å². The minimum absolute atomic E-state index is 0.195. The Labute approximate surface area is 148 Å². The smallest absolute Gasteiger partial charge is 0.194 e. The summed E-state index contributed by atoms with van der Waals surface area (Å²) in [4.78, 5) is 9.30. The predicted molar refractivity (Wildman–Crippen MR) is 98.2 cm³/mol. The fraction of sp³-hybridized carbons (Fsp3) is 0.444. The molecular formula is C18H25FN6. The van der Waals surface area contributed by atoms with Gasteiger partial charge in [0.05, 0.1) is 12.7 Å². The van der Waals surface area contributed by atoms with Crippen LogP contribution in [0.5, 0.6) is 0 Å². The fourth-order valence-corrected chi connectivity index (χ4v) is 2.97. The maximum absolute atomic E-state index is 13.1. The third-order valence-corrected chi connectivity index (χ3v) is 4.28. The quantitative estimate of drug-likeness (QED) is 0.679. The molecule has 3 rings (SSSR count). The average Bonchev–Trinajstić information content (AvgIpc) is 3.05. The Morgan fingerprint density at radius 2 is 1.92 bits per heavy atom. The molecule has 2 aromatic rings. The van der Waals surface area contributed by atoms with Crippen molar-refractivity contribution >= 4 is 11.6 Å². The lowest BCUT2D eigenvalue weighted by molar-refractivity contribution is 0.372. The van der Waals surface area contributed by atoms with Crippen LogP contribution < -0.4 is 10.2 Å². The minimum atomic E-state index is -0.195. The number of hydrogen-bond acceptors (Lipinski definition) is 3. The van der Waals surface area contributed by atoms with Crippen LogP contribution in [0.3, 0.4) is 0 Å². The number of halogens is 1. The van der Waals surface area contributed by atoms with Gasteiger partial charge in [-0.05, 0) is 31.2 Å². The SMILES string of the molecule is CCNC(=NCc1cnn(C)c1)N1CCN(c2ccc(F)cc2)CC1. The Hall–Kier alpha value is -2.57. The van der Waals surface area contributed by atoms with Crippen LogP contribution in [-0.2, 0) is 13.6 Å². The summed E-state index contributed by atoms with van der Waals surface area (Å²) in [6.45, 7) is 7.09. The maximum atomic E-state index is 13.1. The van der Waals surface area contributed by atoms with Crippen molar-refractivity contribution in [3.8, 4) is 0 Å². The zero-order chi connectivity index (χ0) is 17.6. The van der Waals surface area contributed by atoms with Crippen LogP contribution in [0, 0.1) is 5.82 Å². The van der Waals surface area contributed by atoms with Crippen molar-refractivity contribution < 1.29 is 4.39 Å². The first-order valence-corrected chi connectivity index (χ1v) is 8.67. The van der Waals surface area contributed by atoms with Crippen LogP contribution in [0.1, 0.15) is 12.5 Å². The number of benzene rings is 1. The molecule has 6 nitrogen and oxygen atoms in total. The highest BCUT2D eigenvalue weighted by Gasteiger charge is 2.19. The van der Waals surface area contributed by atoms with E-state index in [1.807, 2.05) is 31.6 Å². The van der Waals surface area contributed by atoms with Gasteiger partial charge in [0.25, 0.3) is 0 Å². The summed E-state index contributed by atoms with van der Waals surface area (Å²) in [5.74, 6) is 0.740. The average molecular weight is 344 g/mol. The van der Waals surface area contributed by atoms with E-state index in [1.54, 1.807) is 4.68 Å². The molecule has 0 radical (unpaired) electrons. The van der Waals surface area contributed by atoms with Gasteiger partial charge in [0.2, 0.25) is 0 Å². The van der Waals surface area contributed by atoms with Crippen molar-refractivity contribution in [3.63, 3.8) is 0 Å². The Morgan fingerprint density at radius 3 is 2.52 bits per heavy atom. The molecule has 0 spiro atoms. The van der Waals surface area contributed by atoms with Crippen molar-refractivity contribution in [1.82, 2.24) is 20.0 Å². The van der Waals surface area contributed by atoms with Crippen molar-refractivity contribution in [2.75, 3.05) is 37.6 Å². The van der Waals surface area contributed by atoms with E-state index in [0.29, 0.717) is 6.54 Å². The van der Waals surface area contributed by atoms with Crippen LogP contribution in [-0.4, -0.2) is 53.4 Å². The normalized spacial score (nSPS) is 15.6. The van der Waals surface area contributed by atoms with Crippen molar-refractivity contribution in [3.05, 3.63) is 48.0 Å². The first kappa shape index (κ1) is 17.3. The molecule has 1 saturated heterocycles. The van der Waals surface area contributed by atoms with E-state index in [9.17, 15) is 4.39 Å². The molecule has 1 fully saturated rings. The van der Waals surface area contributed by atoms with Gasteiger partial charge in [0, 0.05) is 57.2 Å². The van der Waals surface area contributed by atoms with Gasteiger partial charge >= 0.3 is 0 Å². The monoisotopic (exact) mass is 344 g/mol. The molecule has 1 N–H and O–H groups in total.